The molecule has 2 aliphatic rings. The molecule has 0 amide bonds. The van der Waals surface area contributed by atoms with Gasteiger partial charge < -0.3 is 4.74 Å². The van der Waals surface area contributed by atoms with Gasteiger partial charge in [-0.3, -0.25) is 0 Å². The summed E-state index contributed by atoms with van der Waals surface area (Å²) < 4.78 is 102. The summed E-state index contributed by atoms with van der Waals surface area (Å²) in [6.45, 7) is 2.23. The van der Waals surface area contributed by atoms with E-state index in [1.165, 1.54) is 50.7 Å². The molecule has 210 valence electrons. The highest BCUT2D eigenvalue weighted by molar-refractivity contribution is 5.30. The molecule has 0 heterocycles. The minimum Gasteiger partial charge on any atom is -0.432 e. The van der Waals surface area contributed by atoms with Gasteiger partial charge in [0.15, 0.2) is 29.1 Å². The first-order valence-electron chi connectivity index (χ1n) is 13.8. The van der Waals surface area contributed by atoms with Gasteiger partial charge in [-0.15, -0.1) is 0 Å². The van der Waals surface area contributed by atoms with Crippen LogP contribution in [0.5, 0.6) is 5.75 Å². The van der Waals surface area contributed by atoms with Crippen LogP contribution in [0, 0.1) is 46.8 Å². The molecule has 2 saturated carbocycles. The van der Waals surface area contributed by atoms with E-state index in [1.807, 2.05) is 0 Å². The predicted molar refractivity (Wildman–Crippen MR) is 132 cm³/mol. The van der Waals surface area contributed by atoms with Crippen LogP contribution in [0.3, 0.4) is 0 Å². The van der Waals surface area contributed by atoms with Crippen molar-refractivity contribution in [3.8, 4) is 5.75 Å². The number of hydrogen-bond acceptors (Lipinski definition) is 1. The first kappa shape index (κ1) is 28.8. The van der Waals surface area contributed by atoms with E-state index in [2.05, 4.69) is 11.7 Å². The van der Waals surface area contributed by atoms with Crippen molar-refractivity contribution in [2.75, 3.05) is 0 Å². The molecule has 2 fully saturated rings. The molecule has 2 aromatic carbocycles. The van der Waals surface area contributed by atoms with Crippen molar-refractivity contribution >= 4 is 0 Å². The highest BCUT2D eigenvalue weighted by Gasteiger charge is 2.34. The molecule has 0 bridgehead atoms. The Balaban J connectivity index is 1.32. The van der Waals surface area contributed by atoms with Crippen LogP contribution in [0.1, 0.15) is 94.6 Å². The van der Waals surface area contributed by atoms with Crippen LogP contribution in [-0.4, -0.2) is 6.11 Å². The molecular formula is C30H35F7O. The van der Waals surface area contributed by atoms with Gasteiger partial charge in [0.1, 0.15) is 5.75 Å². The average molecular weight is 545 g/mol. The van der Waals surface area contributed by atoms with Gasteiger partial charge in [0.25, 0.3) is 0 Å². The summed E-state index contributed by atoms with van der Waals surface area (Å²) >= 11 is 0. The van der Waals surface area contributed by atoms with Gasteiger partial charge in [-0.1, -0.05) is 44.7 Å². The predicted octanol–water partition coefficient (Wildman–Crippen LogP) is 9.87. The van der Waals surface area contributed by atoms with Gasteiger partial charge in [-0.05, 0) is 79.7 Å². The number of hydrogen-bond donors (Lipinski definition) is 0. The lowest BCUT2D eigenvalue weighted by atomic mass is 9.68. The lowest BCUT2D eigenvalue weighted by Crippen LogP contribution is -2.26. The normalized spacial score (nSPS) is 24.4. The Morgan fingerprint density at radius 1 is 0.763 bits per heavy atom. The maximum Gasteiger partial charge on any atom is 0.398 e. The van der Waals surface area contributed by atoms with Gasteiger partial charge in [-0.2, -0.15) is 8.78 Å². The van der Waals surface area contributed by atoms with Gasteiger partial charge in [-0.25, -0.2) is 22.0 Å². The molecule has 38 heavy (non-hydrogen) atoms. The molecule has 0 spiro atoms. The molecule has 0 radical (unpaired) electrons. The maximum atomic E-state index is 15.0. The molecule has 1 nitrogen and oxygen atoms in total. The van der Waals surface area contributed by atoms with Crippen LogP contribution in [0.4, 0.5) is 30.7 Å². The van der Waals surface area contributed by atoms with Crippen molar-refractivity contribution in [1.29, 1.82) is 0 Å². The number of aryl methyl sites for hydroxylation is 1. The van der Waals surface area contributed by atoms with Gasteiger partial charge in [0.05, 0.1) is 6.42 Å². The summed E-state index contributed by atoms with van der Waals surface area (Å²) in [7, 11) is 0. The lowest BCUT2D eigenvalue weighted by molar-refractivity contribution is -0.180. The summed E-state index contributed by atoms with van der Waals surface area (Å²) in [5, 5.41) is 0. The minimum atomic E-state index is -3.94. The van der Waals surface area contributed by atoms with E-state index in [1.54, 1.807) is 0 Å². The van der Waals surface area contributed by atoms with E-state index >= 15 is 0 Å². The molecule has 8 heteroatoms. The number of benzene rings is 2. The molecule has 0 atom stereocenters. The molecule has 0 unspecified atom stereocenters. The van der Waals surface area contributed by atoms with Crippen molar-refractivity contribution in [2.45, 2.75) is 96.0 Å². The second kappa shape index (κ2) is 12.3. The quantitative estimate of drug-likeness (QED) is 0.226. The van der Waals surface area contributed by atoms with E-state index in [4.69, 9.17) is 0 Å². The molecule has 0 aliphatic heterocycles. The summed E-state index contributed by atoms with van der Waals surface area (Å²) in [6.07, 6.45) is 5.64. The van der Waals surface area contributed by atoms with E-state index in [9.17, 15) is 30.7 Å². The minimum absolute atomic E-state index is 0.0979. The Morgan fingerprint density at radius 3 is 1.92 bits per heavy atom. The molecule has 2 aromatic rings. The Hall–Kier alpha value is -2.25. The summed E-state index contributed by atoms with van der Waals surface area (Å²) in [6, 6.07) is 3.40. The van der Waals surface area contributed by atoms with Crippen molar-refractivity contribution in [3.05, 3.63) is 64.5 Å². The largest absolute Gasteiger partial charge is 0.432 e. The Labute approximate surface area is 219 Å². The molecule has 2 aliphatic carbocycles. The number of rotatable bonds is 9. The fourth-order valence-electron chi connectivity index (χ4n) is 6.47. The van der Waals surface area contributed by atoms with Gasteiger partial charge >= 0.3 is 6.11 Å². The standard InChI is InChI=1S/C30H35F7O/c1-2-3-18-4-6-19(7-5-18)20-8-10-21(11-9-20)24-13-12-22(27(33)28(24)34)14-15-30(36,37)38-23-16-25(31)29(35)26(32)17-23/h12-13,16-21H,2-11,14-15H2,1H3. The highest BCUT2D eigenvalue weighted by Crippen LogP contribution is 2.45. The summed E-state index contributed by atoms with van der Waals surface area (Å²) in [5.41, 5.74) is 0.0557. The topological polar surface area (TPSA) is 9.23 Å². The fourth-order valence-corrected chi connectivity index (χ4v) is 6.47. The van der Waals surface area contributed by atoms with E-state index < -0.39 is 53.8 Å². The number of halogens is 7. The smallest absolute Gasteiger partial charge is 0.398 e. The Kier molecular flexibility index (Phi) is 9.30. The molecule has 0 N–H and O–H groups in total. The van der Waals surface area contributed by atoms with Crippen LogP contribution in [0.15, 0.2) is 24.3 Å². The Bertz CT molecular complexity index is 1060. The van der Waals surface area contributed by atoms with Crippen molar-refractivity contribution in [1.82, 2.24) is 0 Å². The zero-order valence-electron chi connectivity index (χ0n) is 21.7. The first-order chi connectivity index (χ1) is 18.1. The molecule has 0 aromatic heterocycles. The van der Waals surface area contributed by atoms with E-state index in [-0.39, 0.29) is 17.0 Å². The van der Waals surface area contributed by atoms with Gasteiger partial charge in [0.2, 0.25) is 0 Å². The SMILES string of the molecule is CCCC1CCC(C2CCC(c3ccc(CCC(F)(F)Oc4cc(F)c(F)c(F)c4)c(F)c3F)CC2)CC1. The van der Waals surface area contributed by atoms with Crippen LogP contribution < -0.4 is 4.74 Å². The van der Waals surface area contributed by atoms with Crippen LogP contribution in [-0.2, 0) is 6.42 Å². The molecular weight excluding hydrogens is 509 g/mol. The average Bonchev–Trinajstić information content (AvgIpc) is 2.89. The second-order valence-electron chi connectivity index (χ2n) is 11.1. The van der Waals surface area contributed by atoms with Gasteiger partial charge in [0, 0.05) is 12.1 Å². The second-order valence-corrected chi connectivity index (χ2v) is 11.1. The zero-order chi connectivity index (χ0) is 27.4. The van der Waals surface area contributed by atoms with Crippen LogP contribution >= 0.6 is 0 Å². The van der Waals surface area contributed by atoms with E-state index in [0.717, 1.165) is 37.5 Å². The number of ether oxygens (including phenoxy) is 1. The van der Waals surface area contributed by atoms with Crippen molar-refractivity contribution in [2.24, 2.45) is 17.8 Å². The first-order valence-corrected chi connectivity index (χ1v) is 13.8. The zero-order valence-corrected chi connectivity index (χ0v) is 21.7. The molecule has 0 saturated heterocycles. The monoisotopic (exact) mass is 544 g/mol. The fraction of sp³-hybridized carbons (Fsp3) is 0.600. The lowest BCUT2D eigenvalue weighted by Gasteiger charge is -2.38. The maximum absolute atomic E-state index is 15.0. The third kappa shape index (κ3) is 6.84. The Morgan fingerprint density at radius 2 is 1.34 bits per heavy atom. The molecule has 4 rings (SSSR count). The summed E-state index contributed by atoms with van der Waals surface area (Å²) in [4.78, 5) is 0. The third-order valence-electron chi connectivity index (χ3n) is 8.57. The number of alkyl halides is 2. The summed E-state index contributed by atoms with van der Waals surface area (Å²) in [5.74, 6) is -6.11. The third-order valence-corrected chi connectivity index (χ3v) is 8.57. The highest BCUT2D eigenvalue weighted by atomic mass is 19.3. The van der Waals surface area contributed by atoms with E-state index in [0.29, 0.717) is 18.1 Å². The van der Waals surface area contributed by atoms with Crippen molar-refractivity contribution < 1.29 is 35.5 Å². The van der Waals surface area contributed by atoms with Crippen LogP contribution in [0.2, 0.25) is 0 Å². The van der Waals surface area contributed by atoms with Crippen molar-refractivity contribution in [3.63, 3.8) is 0 Å². The van der Waals surface area contributed by atoms with Crippen LogP contribution in [0.25, 0.3) is 0 Å².